The van der Waals surface area contributed by atoms with E-state index in [1.807, 2.05) is 13.0 Å². The SMILES string of the molecule is CCc1ccc(C)c(CC)c1O. The fourth-order valence-electron chi connectivity index (χ4n) is 1.52. The number of aryl methyl sites for hydroxylation is 2. The minimum absolute atomic E-state index is 0.500. The van der Waals surface area contributed by atoms with Crippen LogP contribution >= 0.6 is 0 Å². The van der Waals surface area contributed by atoms with Gasteiger partial charge in [-0.25, -0.2) is 0 Å². The fourth-order valence-corrected chi connectivity index (χ4v) is 1.52. The van der Waals surface area contributed by atoms with Gasteiger partial charge in [-0.05, 0) is 36.5 Å². The van der Waals surface area contributed by atoms with Crippen molar-refractivity contribution in [3.8, 4) is 5.75 Å². The zero-order chi connectivity index (χ0) is 9.14. The van der Waals surface area contributed by atoms with Crippen molar-refractivity contribution in [3.05, 3.63) is 28.8 Å². The van der Waals surface area contributed by atoms with Crippen molar-refractivity contribution in [2.24, 2.45) is 0 Å². The van der Waals surface area contributed by atoms with E-state index in [0.29, 0.717) is 5.75 Å². The molecule has 0 saturated carbocycles. The number of hydrogen-bond donors (Lipinski definition) is 1. The van der Waals surface area contributed by atoms with Gasteiger partial charge in [0.1, 0.15) is 5.75 Å². The number of phenols is 1. The maximum absolute atomic E-state index is 9.77. The van der Waals surface area contributed by atoms with E-state index in [1.54, 1.807) is 0 Å². The summed E-state index contributed by atoms with van der Waals surface area (Å²) in [6.45, 7) is 6.17. The van der Waals surface area contributed by atoms with Crippen LogP contribution in [0.3, 0.4) is 0 Å². The van der Waals surface area contributed by atoms with Gasteiger partial charge in [0.05, 0.1) is 0 Å². The first-order chi connectivity index (χ1) is 5.70. The number of phenolic OH excluding ortho intramolecular Hbond substituents is 1. The molecular weight excluding hydrogens is 148 g/mol. The van der Waals surface area contributed by atoms with Crippen molar-refractivity contribution in [2.75, 3.05) is 0 Å². The molecule has 0 spiro atoms. The molecule has 1 N–H and O–H groups in total. The summed E-state index contributed by atoms with van der Waals surface area (Å²) in [4.78, 5) is 0. The van der Waals surface area contributed by atoms with Gasteiger partial charge in [-0.3, -0.25) is 0 Å². The van der Waals surface area contributed by atoms with Crippen molar-refractivity contribution in [2.45, 2.75) is 33.6 Å². The lowest BCUT2D eigenvalue weighted by atomic mass is 10.00. The molecule has 0 unspecified atom stereocenters. The third-order valence-corrected chi connectivity index (χ3v) is 2.33. The molecule has 1 nitrogen and oxygen atoms in total. The maximum atomic E-state index is 9.77. The van der Waals surface area contributed by atoms with E-state index < -0.39 is 0 Å². The van der Waals surface area contributed by atoms with Crippen molar-refractivity contribution in [1.29, 1.82) is 0 Å². The van der Waals surface area contributed by atoms with Crippen molar-refractivity contribution >= 4 is 0 Å². The smallest absolute Gasteiger partial charge is 0.122 e. The average Bonchev–Trinajstić information content (AvgIpc) is 2.06. The van der Waals surface area contributed by atoms with Gasteiger partial charge in [0.15, 0.2) is 0 Å². The molecule has 0 bridgehead atoms. The van der Waals surface area contributed by atoms with Crippen LogP contribution in [0.1, 0.15) is 30.5 Å². The van der Waals surface area contributed by atoms with E-state index in [9.17, 15) is 5.11 Å². The zero-order valence-corrected chi connectivity index (χ0v) is 8.02. The van der Waals surface area contributed by atoms with Crippen LogP contribution in [0.15, 0.2) is 12.1 Å². The van der Waals surface area contributed by atoms with Crippen molar-refractivity contribution < 1.29 is 5.11 Å². The second-order valence-electron chi connectivity index (χ2n) is 3.08. The van der Waals surface area contributed by atoms with Crippen LogP contribution in [0, 0.1) is 6.92 Å². The van der Waals surface area contributed by atoms with Crippen LogP contribution < -0.4 is 0 Å². The van der Waals surface area contributed by atoms with Gasteiger partial charge in [-0.2, -0.15) is 0 Å². The summed E-state index contributed by atoms with van der Waals surface area (Å²) in [7, 11) is 0. The summed E-state index contributed by atoms with van der Waals surface area (Å²) >= 11 is 0. The largest absolute Gasteiger partial charge is 0.507 e. The summed E-state index contributed by atoms with van der Waals surface area (Å²) in [5.41, 5.74) is 3.33. The normalized spacial score (nSPS) is 10.2. The zero-order valence-electron chi connectivity index (χ0n) is 8.02. The molecule has 0 amide bonds. The molecule has 0 aliphatic rings. The van der Waals surface area contributed by atoms with Gasteiger partial charge >= 0.3 is 0 Å². The van der Waals surface area contributed by atoms with Gasteiger partial charge in [0.2, 0.25) is 0 Å². The molecule has 0 atom stereocenters. The summed E-state index contributed by atoms with van der Waals surface area (Å²) in [5.74, 6) is 0.500. The molecule has 0 aliphatic carbocycles. The summed E-state index contributed by atoms with van der Waals surface area (Å²) in [6.07, 6.45) is 1.81. The lowest BCUT2D eigenvalue weighted by molar-refractivity contribution is 0.461. The second kappa shape index (κ2) is 3.61. The molecule has 0 fully saturated rings. The quantitative estimate of drug-likeness (QED) is 0.712. The highest BCUT2D eigenvalue weighted by atomic mass is 16.3. The molecule has 66 valence electrons. The minimum Gasteiger partial charge on any atom is -0.507 e. The summed E-state index contributed by atoms with van der Waals surface area (Å²) in [6, 6.07) is 4.08. The van der Waals surface area contributed by atoms with Gasteiger partial charge in [-0.1, -0.05) is 26.0 Å². The number of hydrogen-bond acceptors (Lipinski definition) is 1. The Morgan fingerprint density at radius 3 is 2.33 bits per heavy atom. The highest BCUT2D eigenvalue weighted by Crippen LogP contribution is 2.26. The highest BCUT2D eigenvalue weighted by Gasteiger charge is 2.06. The van der Waals surface area contributed by atoms with Crippen molar-refractivity contribution in [3.63, 3.8) is 0 Å². The van der Waals surface area contributed by atoms with Gasteiger partial charge in [-0.15, -0.1) is 0 Å². The van der Waals surface area contributed by atoms with Crippen LogP contribution in [0.25, 0.3) is 0 Å². The Balaban J connectivity index is 3.24. The Morgan fingerprint density at radius 1 is 1.17 bits per heavy atom. The fraction of sp³-hybridized carbons (Fsp3) is 0.455. The van der Waals surface area contributed by atoms with Crippen LogP contribution in [0.2, 0.25) is 0 Å². The number of aromatic hydroxyl groups is 1. The van der Waals surface area contributed by atoms with Crippen LogP contribution in [0.4, 0.5) is 0 Å². The lowest BCUT2D eigenvalue weighted by Gasteiger charge is -2.09. The molecule has 1 aromatic rings. The van der Waals surface area contributed by atoms with E-state index in [2.05, 4.69) is 19.9 Å². The Labute approximate surface area is 74.1 Å². The molecule has 1 heteroatoms. The molecule has 12 heavy (non-hydrogen) atoms. The third kappa shape index (κ3) is 1.45. The van der Waals surface area contributed by atoms with Crippen molar-refractivity contribution in [1.82, 2.24) is 0 Å². The molecule has 0 heterocycles. The number of rotatable bonds is 2. The van der Waals surface area contributed by atoms with Crippen LogP contribution in [-0.4, -0.2) is 5.11 Å². The van der Waals surface area contributed by atoms with E-state index in [1.165, 1.54) is 5.56 Å². The van der Waals surface area contributed by atoms with Crippen LogP contribution in [-0.2, 0) is 12.8 Å². The summed E-state index contributed by atoms with van der Waals surface area (Å²) < 4.78 is 0. The second-order valence-corrected chi connectivity index (χ2v) is 3.08. The predicted molar refractivity (Wildman–Crippen MR) is 51.6 cm³/mol. The van der Waals surface area contributed by atoms with Gasteiger partial charge < -0.3 is 5.11 Å². The van der Waals surface area contributed by atoms with E-state index in [0.717, 1.165) is 24.0 Å². The third-order valence-electron chi connectivity index (χ3n) is 2.33. The summed E-state index contributed by atoms with van der Waals surface area (Å²) in [5, 5.41) is 9.77. The first kappa shape index (κ1) is 9.11. The Hall–Kier alpha value is -0.980. The lowest BCUT2D eigenvalue weighted by Crippen LogP contribution is -1.91. The maximum Gasteiger partial charge on any atom is 0.122 e. The number of benzene rings is 1. The average molecular weight is 164 g/mol. The van der Waals surface area contributed by atoms with Gasteiger partial charge in [0.25, 0.3) is 0 Å². The molecule has 0 aromatic heterocycles. The molecule has 1 rings (SSSR count). The Morgan fingerprint density at radius 2 is 1.83 bits per heavy atom. The Bertz CT molecular complexity index is 277. The highest BCUT2D eigenvalue weighted by molar-refractivity contribution is 5.44. The minimum atomic E-state index is 0.500. The van der Waals surface area contributed by atoms with E-state index in [4.69, 9.17) is 0 Å². The monoisotopic (exact) mass is 164 g/mol. The molecule has 1 aromatic carbocycles. The standard InChI is InChI=1S/C11H16O/c1-4-9-7-6-8(3)10(5-2)11(9)12/h6-7,12H,4-5H2,1-3H3. The van der Waals surface area contributed by atoms with E-state index in [-0.39, 0.29) is 0 Å². The van der Waals surface area contributed by atoms with E-state index >= 15 is 0 Å². The first-order valence-corrected chi connectivity index (χ1v) is 4.51. The molecule has 0 saturated heterocycles. The Kier molecular flexibility index (Phi) is 2.74. The molecule has 0 radical (unpaired) electrons. The topological polar surface area (TPSA) is 20.2 Å². The molecule has 0 aliphatic heterocycles. The molecular formula is C11H16O. The predicted octanol–water partition coefficient (Wildman–Crippen LogP) is 2.83. The van der Waals surface area contributed by atoms with Crippen LogP contribution in [0.5, 0.6) is 5.75 Å². The van der Waals surface area contributed by atoms with Gasteiger partial charge in [0, 0.05) is 0 Å². The first-order valence-electron chi connectivity index (χ1n) is 4.51.